The van der Waals surface area contributed by atoms with Gasteiger partial charge in [0.25, 0.3) is 0 Å². The topological polar surface area (TPSA) is 24.9 Å². The molecule has 1 aromatic rings. The molecule has 1 N–H and O–H groups in total. The largest absolute Gasteiger partial charge is 0.308 e. The zero-order valence-corrected chi connectivity index (χ0v) is 10.3. The van der Waals surface area contributed by atoms with Gasteiger partial charge in [-0.3, -0.25) is 4.98 Å². The molecule has 0 spiro atoms. The van der Waals surface area contributed by atoms with Crippen LogP contribution in [0.5, 0.6) is 0 Å². The number of rotatable bonds is 3. The van der Waals surface area contributed by atoms with Crippen LogP contribution in [-0.2, 0) is 6.54 Å². The molecule has 2 nitrogen and oxygen atoms in total. The second-order valence-electron chi connectivity index (χ2n) is 5.32. The van der Waals surface area contributed by atoms with E-state index in [-0.39, 0.29) is 0 Å². The molecule has 1 heterocycles. The summed E-state index contributed by atoms with van der Waals surface area (Å²) in [5.41, 5.74) is 1.15. The summed E-state index contributed by atoms with van der Waals surface area (Å²) < 4.78 is 0. The Morgan fingerprint density at radius 3 is 2.56 bits per heavy atom. The quantitative estimate of drug-likeness (QED) is 0.843. The maximum absolute atomic E-state index is 4.34. The first-order valence-corrected chi connectivity index (χ1v) is 6.37. The lowest BCUT2D eigenvalue weighted by atomic mass is 9.80. The summed E-state index contributed by atoms with van der Waals surface area (Å²) in [6, 6.07) is 6.79. The van der Waals surface area contributed by atoms with E-state index in [1.54, 1.807) is 0 Å². The first-order valence-electron chi connectivity index (χ1n) is 6.37. The standard InChI is InChI=1S/C14H22N2/c1-11-7-12(2)9-14(8-11)16-10-13-5-3-4-6-15-13/h3-6,11-12,14,16H,7-10H2,1-2H3. The van der Waals surface area contributed by atoms with Crippen molar-refractivity contribution in [3.8, 4) is 0 Å². The smallest absolute Gasteiger partial charge is 0.0541 e. The van der Waals surface area contributed by atoms with Crippen molar-refractivity contribution in [2.24, 2.45) is 11.8 Å². The fraction of sp³-hybridized carbons (Fsp3) is 0.643. The Kier molecular flexibility index (Phi) is 3.94. The van der Waals surface area contributed by atoms with Gasteiger partial charge in [0, 0.05) is 18.8 Å². The average molecular weight is 218 g/mol. The minimum atomic E-state index is 0.681. The monoisotopic (exact) mass is 218 g/mol. The van der Waals surface area contributed by atoms with Gasteiger partial charge in [-0.05, 0) is 43.2 Å². The molecule has 1 fully saturated rings. The average Bonchev–Trinajstić information content (AvgIpc) is 2.27. The summed E-state index contributed by atoms with van der Waals surface area (Å²) in [6.07, 6.45) is 5.89. The minimum Gasteiger partial charge on any atom is -0.308 e. The fourth-order valence-electron chi connectivity index (χ4n) is 2.87. The van der Waals surface area contributed by atoms with Crippen LogP contribution < -0.4 is 5.32 Å². The van der Waals surface area contributed by atoms with Crippen molar-refractivity contribution in [3.05, 3.63) is 30.1 Å². The van der Waals surface area contributed by atoms with Gasteiger partial charge >= 0.3 is 0 Å². The highest BCUT2D eigenvalue weighted by Crippen LogP contribution is 2.28. The van der Waals surface area contributed by atoms with Crippen molar-refractivity contribution in [1.82, 2.24) is 10.3 Å². The van der Waals surface area contributed by atoms with Crippen LogP contribution >= 0.6 is 0 Å². The molecule has 0 radical (unpaired) electrons. The molecule has 2 heteroatoms. The van der Waals surface area contributed by atoms with Crippen molar-refractivity contribution in [2.75, 3.05) is 0 Å². The molecule has 2 rings (SSSR count). The summed E-state index contributed by atoms with van der Waals surface area (Å²) in [5, 5.41) is 3.64. The van der Waals surface area contributed by atoms with Crippen LogP contribution in [0.25, 0.3) is 0 Å². The number of hydrogen-bond acceptors (Lipinski definition) is 2. The van der Waals surface area contributed by atoms with E-state index in [2.05, 4.69) is 36.3 Å². The van der Waals surface area contributed by atoms with E-state index in [1.165, 1.54) is 19.3 Å². The Bertz CT molecular complexity index is 300. The summed E-state index contributed by atoms with van der Waals surface area (Å²) in [4.78, 5) is 4.34. The Morgan fingerprint density at radius 2 is 1.94 bits per heavy atom. The molecule has 2 unspecified atom stereocenters. The van der Waals surface area contributed by atoms with E-state index in [0.717, 1.165) is 24.1 Å². The second kappa shape index (κ2) is 5.44. The maximum Gasteiger partial charge on any atom is 0.0541 e. The van der Waals surface area contributed by atoms with E-state index >= 15 is 0 Å². The molecule has 16 heavy (non-hydrogen) atoms. The van der Waals surface area contributed by atoms with Crippen molar-refractivity contribution in [1.29, 1.82) is 0 Å². The lowest BCUT2D eigenvalue weighted by molar-refractivity contribution is 0.237. The van der Waals surface area contributed by atoms with Gasteiger partial charge in [-0.25, -0.2) is 0 Å². The SMILES string of the molecule is CC1CC(C)CC(NCc2ccccn2)C1. The summed E-state index contributed by atoms with van der Waals surface area (Å²) in [5.74, 6) is 1.73. The highest BCUT2D eigenvalue weighted by Gasteiger charge is 2.23. The Morgan fingerprint density at radius 1 is 1.19 bits per heavy atom. The summed E-state index contributed by atoms with van der Waals surface area (Å²) >= 11 is 0. The molecule has 88 valence electrons. The van der Waals surface area contributed by atoms with Crippen molar-refractivity contribution in [3.63, 3.8) is 0 Å². The van der Waals surface area contributed by atoms with Gasteiger partial charge in [0.2, 0.25) is 0 Å². The third kappa shape index (κ3) is 3.31. The second-order valence-corrected chi connectivity index (χ2v) is 5.32. The Labute approximate surface area is 98.5 Å². The molecule has 0 bridgehead atoms. The number of nitrogens with zero attached hydrogens (tertiary/aromatic N) is 1. The predicted octanol–water partition coefficient (Wildman–Crippen LogP) is 3.00. The molecular formula is C14H22N2. The van der Waals surface area contributed by atoms with Crippen LogP contribution in [0.2, 0.25) is 0 Å². The third-order valence-electron chi connectivity index (χ3n) is 3.48. The van der Waals surface area contributed by atoms with Crippen LogP contribution in [0.1, 0.15) is 38.8 Å². The minimum absolute atomic E-state index is 0.681. The zero-order valence-electron chi connectivity index (χ0n) is 10.3. The number of aromatic nitrogens is 1. The van der Waals surface area contributed by atoms with Crippen molar-refractivity contribution >= 4 is 0 Å². The molecule has 1 aromatic heterocycles. The highest BCUT2D eigenvalue weighted by molar-refractivity contribution is 5.03. The first-order chi connectivity index (χ1) is 7.74. The van der Waals surface area contributed by atoms with Crippen LogP contribution in [0.15, 0.2) is 24.4 Å². The first kappa shape index (κ1) is 11.6. The molecule has 0 saturated heterocycles. The normalized spacial score (nSPS) is 30.2. The van der Waals surface area contributed by atoms with E-state index in [0.29, 0.717) is 6.04 Å². The van der Waals surface area contributed by atoms with Crippen molar-refractivity contribution in [2.45, 2.75) is 45.7 Å². The predicted molar refractivity (Wildman–Crippen MR) is 67.0 cm³/mol. The molecule has 1 aliphatic carbocycles. The van der Waals surface area contributed by atoms with Gasteiger partial charge in [0.15, 0.2) is 0 Å². The van der Waals surface area contributed by atoms with E-state index in [9.17, 15) is 0 Å². The number of nitrogens with one attached hydrogen (secondary N) is 1. The zero-order chi connectivity index (χ0) is 11.4. The van der Waals surface area contributed by atoms with Gasteiger partial charge in [0.1, 0.15) is 0 Å². The molecule has 0 aromatic carbocycles. The Hall–Kier alpha value is -0.890. The summed E-state index contributed by atoms with van der Waals surface area (Å²) in [7, 11) is 0. The van der Waals surface area contributed by atoms with Crippen LogP contribution in [-0.4, -0.2) is 11.0 Å². The molecule has 1 saturated carbocycles. The van der Waals surface area contributed by atoms with E-state index in [4.69, 9.17) is 0 Å². The number of pyridine rings is 1. The van der Waals surface area contributed by atoms with Gasteiger partial charge in [-0.15, -0.1) is 0 Å². The van der Waals surface area contributed by atoms with Crippen molar-refractivity contribution < 1.29 is 0 Å². The molecule has 0 aliphatic heterocycles. The third-order valence-corrected chi connectivity index (χ3v) is 3.48. The van der Waals surface area contributed by atoms with Gasteiger partial charge in [0.05, 0.1) is 5.69 Å². The van der Waals surface area contributed by atoms with Gasteiger partial charge in [-0.1, -0.05) is 19.9 Å². The fourth-order valence-corrected chi connectivity index (χ4v) is 2.87. The molecule has 1 aliphatic rings. The molecule has 2 atom stereocenters. The maximum atomic E-state index is 4.34. The highest BCUT2D eigenvalue weighted by atomic mass is 14.9. The molecular weight excluding hydrogens is 196 g/mol. The van der Waals surface area contributed by atoms with Gasteiger partial charge in [-0.2, -0.15) is 0 Å². The lowest BCUT2D eigenvalue weighted by Gasteiger charge is -2.32. The van der Waals surface area contributed by atoms with E-state index < -0.39 is 0 Å². The summed E-state index contributed by atoms with van der Waals surface area (Å²) in [6.45, 7) is 5.64. The molecule has 0 amide bonds. The van der Waals surface area contributed by atoms with Crippen LogP contribution in [0.3, 0.4) is 0 Å². The lowest BCUT2D eigenvalue weighted by Crippen LogP contribution is -2.36. The number of hydrogen-bond donors (Lipinski definition) is 1. The van der Waals surface area contributed by atoms with E-state index in [1.807, 2.05) is 12.3 Å². The van der Waals surface area contributed by atoms with Crippen LogP contribution in [0.4, 0.5) is 0 Å². The van der Waals surface area contributed by atoms with Crippen LogP contribution in [0, 0.1) is 11.8 Å². The Balaban J connectivity index is 1.81. The van der Waals surface area contributed by atoms with Gasteiger partial charge < -0.3 is 5.32 Å².